The Hall–Kier alpha value is -2.00. The third-order valence-electron chi connectivity index (χ3n) is 3.94. The molecule has 0 aromatic heterocycles. The molecule has 0 radical (unpaired) electrons. The molecule has 2 N–H and O–H groups in total. The molecule has 0 amide bonds. The summed E-state index contributed by atoms with van der Waals surface area (Å²) in [6.45, 7) is 5.05. The maximum atomic E-state index is 12.7. The van der Waals surface area contributed by atoms with Crippen LogP contribution in [0.15, 0.2) is 12.1 Å². The van der Waals surface area contributed by atoms with Crippen LogP contribution in [0.2, 0.25) is 0 Å². The molecule has 0 atom stereocenters. The molecule has 0 aliphatic carbocycles. The van der Waals surface area contributed by atoms with Gasteiger partial charge in [-0.2, -0.15) is 0 Å². The predicted octanol–water partition coefficient (Wildman–Crippen LogP) is 2.09. The number of benzene rings is 1. The minimum atomic E-state index is -4.86. The Labute approximate surface area is 144 Å². The smallest absolute Gasteiger partial charge is 0.462 e. The molecule has 1 aliphatic rings. The second-order valence-electron chi connectivity index (χ2n) is 5.89. The number of nitrogens with two attached hydrogens (primary N) is 1. The minimum Gasteiger partial charge on any atom is -0.462 e. The summed E-state index contributed by atoms with van der Waals surface area (Å²) in [5.74, 6) is -1.21. The summed E-state index contributed by atoms with van der Waals surface area (Å²) < 4.78 is 47.2. The van der Waals surface area contributed by atoms with Crippen LogP contribution in [0.25, 0.3) is 0 Å². The number of hydrogen-bond acceptors (Lipinski definition) is 6. The molecule has 1 heterocycles. The predicted molar refractivity (Wildman–Crippen MR) is 86.3 cm³/mol. The molecule has 9 heteroatoms. The van der Waals surface area contributed by atoms with Gasteiger partial charge in [-0.25, -0.2) is 4.79 Å². The van der Waals surface area contributed by atoms with Crippen molar-refractivity contribution in [1.82, 2.24) is 9.80 Å². The van der Waals surface area contributed by atoms with Crippen LogP contribution in [0, 0.1) is 0 Å². The van der Waals surface area contributed by atoms with Gasteiger partial charge in [-0.1, -0.05) is 0 Å². The molecule has 1 aromatic rings. The first-order chi connectivity index (χ1) is 11.7. The number of esters is 1. The van der Waals surface area contributed by atoms with Gasteiger partial charge in [0.15, 0.2) is 0 Å². The standard InChI is InChI=1S/C16H22F3N3O3/c1-3-24-15(23)12-9-14(25-16(17,18)19)11(8-13(12)20)10-22-6-4-21(2)5-7-22/h8-9H,3-7,10,20H2,1-2H3. The van der Waals surface area contributed by atoms with Crippen molar-refractivity contribution in [1.29, 1.82) is 0 Å². The van der Waals surface area contributed by atoms with Crippen LogP contribution >= 0.6 is 0 Å². The lowest BCUT2D eigenvalue weighted by Crippen LogP contribution is -2.44. The summed E-state index contributed by atoms with van der Waals surface area (Å²) in [4.78, 5) is 16.0. The fraction of sp³-hybridized carbons (Fsp3) is 0.562. The zero-order valence-corrected chi connectivity index (χ0v) is 14.2. The molecule has 0 spiro atoms. The van der Waals surface area contributed by atoms with E-state index in [2.05, 4.69) is 9.64 Å². The van der Waals surface area contributed by atoms with Crippen LogP contribution in [0.1, 0.15) is 22.8 Å². The summed E-state index contributed by atoms with van der Waals surface area (Å²) in [7, 11) is 1.99. The van der Waals surface area contributed by atoms with Gasteiger partial charge >= 0.3 is 12.3 Å². The van der Waals surface area contributed by atoms with Crippen molar-refractivity contribution in [2.24, 2.45) is 0 Å². The topological polar surface area (TPSA) is 68.0 Å². The van der Waals surface area contributed by atoms with Crippen molar-refractivity contribution >= 4 is 11.7 Å². The van der Waals surface area contributed by atoms with Gasteiger partial charge in [-0.3, -0.25) is 4.90 Å². The molecule has 1 aromatic carbocycles. The quantitative estimate of drug-likeness (QED) is 0.640. The van der Waals surface area contributed by atoms with Crippen molar-refractivity contribution in [3.05, 3.63) is 23.3 Å². The van der Waals surface area contributed by atoms with Gasteiger partial charge in [-0.15, -0.1) is 13.2 Å². The number of hydrogen-bond donors (Lipinski definition) is 1. The fourth-order valence-corrected chi connectivity index (χ4v) is 2.62. The van der Waals surface area contributed by atoms with Gasteiger partial charge in [0.2, 0.25) is 0 Å². The zero-order valence-electron chi connectivity index (χ0n) is 14.2. The third-order valence-corrected chi connectivity index (χ3v) is 3.94. The molecule has 1 fully saturated rings. The number of piperazine rings is 1. The van der Waals surface area contributed by atoms with Crippen molar-refractivity contribution in [3.8, 4) is 5.75 Å². The summed E-state index contributed by atoms with van der Waals surface area (Å²) in [6, 6.07) is 2.36. The Kier molecular flexibility index (Phi) is 6.12. The Bertz CT molecular complexity index is 615. The maximum absolute atomic E-state index is 12.7. The summed E-state index contributed by atoms with van der Waals surface area (Å²) >= 11 is 0. The van der Waals surface area contributed by atoms with Crippen LogP contribution in [-0.2, 0) is 11.3 Å². The van der Waals surface area contributed by atoms with E-state index in [4.69, 9.17) is 10.5 Å². The van der Waals surface area contributed by atoms with Crippen molar-refractivity contribution in [2.45, 2.75) is 19.8 Å². The number of nitrogens with zero attached hydrogens (tertiary/aromatic N) is 2. The molecular weight excluding hydrogens is 339 g/mol. The van der Waals surface area contributed by atoms with Crippen LogP contribution in [0.3, 0.4) is 0 Å². The normalized spacial score (nSPS) is 16.7. The van der Waals surface area contributed by atoms with Gasteiger partial charge in [0.25, 0.3) is 0 Å². The van der Waals surface area contributed by atoms with Gasteiger partial charge in [0, 0.05) is 44.0 Å². The van der Waals surface area contributed by atoms with E-state index in [1.54, 1.807) is 6.92 Å². The highest BCUT2D eigenvalue weighted by atomic mass is 19.4. The highest BCUT2D eigenvalue weighted by molar-refractivity contribution is 5.95. The number of anilines is 1. The number of nitrogen functional groups attached to an aromatic ring is 1. The molecule has 2 rings (SSSR count). The summed E-state index contributed by atoms with van der Waals surface area (Å²) in [5, 5.41) is 0. The Balaban J connectivity index is 2.29. The summed E-state index contributed by atoms with van der Waals surface area (Å²) in [6.07, 6.45) is -4.86. The molecular formula is C16H22F3N3O3. The van der Waals surface area contributed by atoms with E-state index in [0.717, 1.165) is 32.2 Å². The van der Waals surface area contributed by atoms with Gasteiger partial charge in [-0.05, 0) is 26.1 Å². The highest BCUT2D eigenvalue weighted by Crippen LogP contribution is 2.32. The fourth-order valence-electron chi connectivity index (χ4n) is 2.62. The molecule has 140 valence electrons. The molecule has 1 saturated heterocycles. The zero-order chi connectivity index (χ0) is 18.6. The van der Waals surface area contributed by atoms with Crippen LogP contribution < -0.4 is 10.5 Å². The van der Waals surface area contributed by atoms with E-state index in [1.165, 1.54) is 6.07 Å². The molecule has 0 bridgehead atoms. The Morgan fingerprint density at radius 2 is 1.88 bits per heavy atom. The van der Waals surface area contributed by atoms with E-state index in [9.17, 15) is 18.0 Å². The lowest BCUT2D eigenvalue weighted by molar-refractivity contribution is -0.275. The van der Waals surface area contributed by atoms with Crippen molar-refractivity contribution in [3.63, 3.8) is 0 Å². The van der Waals surface area contributed by atoms with Crippen LogP contribution in [0.5, 0.6) is 5.75 Å². The first kappa shape index (κ1) is 19.3. The first-order valence-electron chi connectivity index (χ1n) is 7.95. The highest BCUT2D eigenvalue weighted by Gasteiger charge is 2.33. The van der Waals surface area contributed by atoms with E-state index in [0.29, 0.717) is 0 Å². The third kappa shape index (κ3) is 5.50. The monoisotopic (exact) mass is 361 g/mol. The van der Waals surface area contributed by atoms with Gasteiger partial charge in [0.05, 0.1) is 12.2 Å². The van der Waals surface area contributed by atoms with Crippen LogP contribution in [0.4, 0.5) is 18.9 Å². The second-order valence-corrected chi connectivity index (χ2v) is 5.89. The van der Waals surface area contributed by atoms with Gasteiger partial charge < -0.3 is 20.1 Å². The number of ether oxygens (including phenoxy) is 2. The number of halogens is 3. The van der Waals surface area contributed by atoms with Crippen molar-refractivity contribution < 1.29 is 27.4 Å². The largest absolute Gasteiger partial charge is 0.573 e. The molecule has 25 heavy (non-hydrogen) atoms. The number of likely N-dealkylation sites (N-methyl/N-ethyl adjacent to an activating group) is 1. The number of rotatable bonds is 5. The lowest BCUT2D eigenvalue weighted by atomic mass is 10.1. The lowest BCUT2D eigenvalue weighted by Gasteiger charge is -2.32. The Morgan fingerprint density at radius 3 is 2.44 bits per heavy atom. The minimum absolute atomic E-state index is 0.0668. The van der Waals surface area contributed by atoms with E-state index < -0.39 is 18.1 Å². The molecule has 1 aliphatic heterocycles. The average molecular weight is 361 g/mol. The van der Waals surface area contributed by atoms with Crippen LogP contribution in [-0.4, -0.2) is 62.0 Å². The maximum Gasteiger partial charge on any atom is 0.573 e. The molecule has 0 saturated carbocycles. The Morgan fingerprint density at radius 1 is 1.24 bits per heavy atom. The van der Waals surface area contributed by atoms with E-state index in [1.807, 2.05) is 11.9 Å². The SMILES string of the molecule is CCOC(=O)c1cc(OC(F)(F)F)c(CN2CCN(C)CC2)cc1N. The average Bonchev–Trinajstić information content (AvgIpc) is 2.51. The summed E-state index contributed by atoms with van der Waals surface area (Å²) in [5.41, 5.74) is 6.06. The van der Waals surface area contributed by atoms with E-state index >= 15 is 0 Å². The van der Waals surface area contributed by atoms with E-state index in [-0.39, 0.29) is 30.0 Å². The molecule has 6 nitrogen and oxygen atoms in total. The second kappa shape index (κ2) is 7.92. The molecule has 0 unspecified atom stereocenters. The van der Waals surface area contributed by atoms with Crippen molar-refractivity contribution in [2.75, 3.05) is 45.6 Å². The number of carbonyl (C=O) groups excluding carboxylic acids is 1. The number of carbonyl (C=O) groups is 1. The first-order valence-corrected chi connectivity index (χ1v) is 7.95. The van der Waals surface area contributed by atoms with Gasteiger partial charge in [0.1, 0.15) is 5.75 Å². The number of alkyl halides is 3.